The zero-order chi connectivity index (χ0) is 18.4. The van der Waals surface area contributed by atoms with Gasteiger partial charge in [0.15, 0.2) is 0 Å². The molecule has 3 N–H and O–H groups in total. The summed E-state index contributed by atoms with van der Waals surface area (Å²) >= 11 is 0. The number of fused-ring (bicyclic) bond motifs is 1. The summed E-state index contributed by atoms with van der Waals surface area (Å²) in [6.07, 6.45) is 3.25. The Morgan fingerprint density at radius 1 is 1.30 bits per heavy atom. The molecule has 0 aliphatic rings. The number of rotatable bonds is 9. The van der Waals surface area contributed by atoms with Crippen molar-refractivity contribution < 1.29 is 14.6 Å². The van der Waals surface area contributed by atoms with Crippen molar-refractivity contribution in [1.82, 2.24) is 9.97 Å². The average Bonchev–Trinajstić information content (AvgIpc) is 2.95. The number of carboxylic acid groups (broad SMARTS) is 1. The Labute approximate surface area is 180 Å². The number of aromatic amines is 1. The minimum atomic E-state index is -0.786. The van der Waals surface area contributed by atoms with Gasteiger partial charge in [-0.1, -0.05) is 6.07 Å². The summed E-state index contributed by atoms with van der Waals surface area (Å²) in [5.74, 6) is 0.872. The van der Waals surface area contributed by atoms with Crippen molar-refractivity contribution in [3.05, 3.63) is 53.9 Å². The van der Waals surface area contributed by atoms with Gasteiger partial charge in [-0.3, -0.25) is 4.79 Å². The van der Waals surface area contributed by atoms with E-state index >= 15 is 0 Å². The van der Waals surface area contributed by atoms with E-state index in [-0.39, 0.29) is 36.0 Å². The average molecular weight is 377 g/mol. The van der Waals surface area contributed by atoms with Crippen LogP contribution in [0.2, 0.25) is 0 Å². The van der Waals surface area contributed by atoms with E-state index in [2.05, 4.69) is 15.3 Å². The van der Waals surface area contributed by atoms with Gasteiger partial charge in [0.05, 0.1) is 6.61 Å². The van der Waals surface area contributed by atoms with Gasteiger partial charge < -0.3 is 20.1 Å². The van der Waals surface area contributed by atoms with Crippen LogP contribution in [-0.4, -0.2) is 63.8 Å². The van der Waals surface area contributed by atoms with E-state index in [1.54, 1.807) is 6.20 Å². The summed E-state index contributed by atoms with van der Waals surface area (Å²) in [4.78, 5) is 18.4. The number of H-pyrrole nitrogens is 1. The van der Waals surface area contributed by atoms with Gasteiger partial charge in [0.1, 0.15) is 11.6 Å². The Balaban J connectivity index is 0.00000261. The molecule has 0 aliphatic carbocycles. The number of hydrogen-bond acceptors (Lipinski definition) is 4. The van der Waals surface area contributed by atoms with E-state index in [1.165, 1.54) is 0 Å². The van der Waals surface area contributed by atoms with Crippen molar-refractivity contribution in [3.8, 4) is 5.75 Å². The van der Waals surface area contributed by atoms with Crippen molar-refractivity contribution in [2.24, 2.45) is 0 Å². The number of pyridine rings is 1. The summed E-state index contributed by atoms with van der Waals surface area (Å²) in [6, 6.07) is 11.7. The summed E-state index contributed by atoms with van der Waals surface area (Å²) in [5, 5.41) is 13.2. The third kappa shape index (κ3) is 5.99. The van der Waals surface area contributed by atoms with Gasteiger partial charge in [0.25, 0.3) is 0 Å². The zero-order valence-corrected chi connectivity index (χ0v) is 14.8. The minimum absolute atomic E-state index is 0. The van der Waals surface area contributed by atoms with Crippen LogP contribution in [0.15, 0.2) is 42.6 Å². The predicted octanol–water partition coefficient (Wildman–Crippen LogP) is 3.12. The van der Waals surface area contributed by atoms with Crippen LogP contribution in [0, 0.1) is 6.92 Å². The van der Waals surface area contributed by atoms with E-state index in [0.717, 1.165) is 46.7 Å². The molecule has 3 aromatic rings. The van der Waals surface area contributed by atoms with Gasteiger partial charge in [0, 0.05) is 35.8 Å². The van der Waals surface area contributed by atoms with E-state index in [1.807, 2.05) is 43.3 Å². The second-order valence-corrected chi connectivity index (χ2v) is 6.17. The number of aromatic nitrogens is 2. The standard InChI is InChI=1S/C20H23N3O3.Na.H/c1-14-16(7-9-20(24)25)17-13-15(6-8-18(17)23-14)26-12-4-11-22-19-5-2-3-10-21-19;;/h2-3,5-6,8,10,13,23H,4,7,9,11-12H2,1H3,(H,21,22)(H,24,25);;. The fraction of sp³-hybridized carbons (Fsp3) is 0.300. The first-order valence-electron chi connectivity index (χ1n) is 8.74. The third-order valence-electron chi connectivity index (χ3n) is 4.24. The molecule has 0 saturated heterocycles. The molecule has 7 heteroatoms. The topological polar surface area (TPSA) is 87.2 Å². The van der Waals surface area contributed by atoms with E-state index in [4.69, 9.17) is 9.84 Å². The molecule has 1 aromatic carbocycles. The Morgan fingerprint density at radius 2 is 2.15 bits per heavy atom. The SMILES string of the molecule is Cc1[nH]c2ccc(OCCCNc3ccccn3)cc2c1CCC(=O)O.[NaH]. The molecule has 2 aromatic heterocycles. The first-order chi connectivity index (χ1) is 12.6. The summed E-state index contributed by atoms with van der Waals surface area (Å²) < 4.78 is 5.85. The molecule has 0 bridgehead atoms. The molecule has 0 amide bonds. The number of aliphatic carboxylic acids is 1. The van der Waals surface area contributed by atoms with E-state index in [0.29, 0.717) is 13.0 Å². The Morgan fingerprint density at radius 3 is 2.89 bits per heavy atom. The summed E-state index contributed by atoms with van der Waals surface area (Å²) in [5.41, 5.74) is 3.06. The molecule has 0 radical (unpaired) electrons. The van der Waals surface area contributed by atoms with Crippen LogP contribution in [-0.2, 0) is 11.2 Å². The maximum atomic E-state index is 10.9. The van der Waals surface area contributed by atoms with Crippen LogP contribution in [0.4, 0.5) is 5.82 Å². The van der Waals surface area contributed by atoms with Gasteiger partial charge in [-0.15, -0.1) is 0 Å². The fourth-order valence-electron chi connectivity index (χ4n) is 2.95. The number of anilines is 1. The van der Waals surface area contributed by atoms with Crippen LogP contribution >= 0.6 is 0 Å². The molecule has 0 fully saturated rings. The molecular weight excluding hydrogens is 353 g/mol. The Hall–Kier alpha value is -2.02. The first kappa shape index (κ1) is 21.3. The normalized spacial score (nSPS) is 10.4. The van der Waals surface area contributed by atoms with Gasteiger partial charge >= 0.3 is 35.5 Å². The quantitative estimate of drug-likeness (QED) is 0.394. The number of nitrogens with zero attached hydrogens (tertiary/aromatic N) is 1. The number of hydrogen-bond donors (Lipinski definition) is 3. The molecule has 2 heterocycles. The van der Waals surface area contributed by atoms with Crippen molar-refractivity contribution in [2.75, 3.05) is 18.5 Å². The van der Waals surface area contributed by atoms with Crippen LogP contribution in [0.3, 0.4) is 0 Å². The van der Waals surface area contributed by atoms with Crippen molar-refractivity contribution in [1.29, 1.82) is 0 Å². The molecule has 27 heavy (non-hydrogen) atoms. The predicted molar refractivity (Wildman–Crippen MR) is 109 cm³/mol. The first-order valence-corrected chi connectivity index (χ1v) is 8.74. The van der Waals surface area contributed by atoms with Crippen LogP contribution < -0.4 is 10.1 Å². The summed E-state index contributed by atoms with van der Waals surface area (Å²) in [7, 11) is 0. The fourth-order valence-corrected chi connectivity index (χ4v) is 2.95. The molecule has 6 nitrogen and oxygen atoms in total. The van der Waals surface area contributed by atoms with Crippen LogP contribution in [0.1, 0.15) is 24.1 Å². The van der Waals surface area contributed by atoms with Crippen molar-refractivity contribution in [2.45, 2.75) is 26.2 Å². The molecule has 138 valence electrons. The summed E-state index contributed by atoms with van der Waals surface area (Å²) in [6.45, 7) is 3.35. The molecule has 0 aliphatic heterocycles. The maximum absolute atomic E-state index is 10.9. The molecule has 0 unspecified atom stereocenters. The molecule has 0 spiro atoms. The molecule has 0 atom stereocenters. The number of nitrogens with one attached hydrogen (secondary N) is 2. The number of ether oxygens (including phenoxy) is 1. The van der Waals surface area contributed by atoms with Gasteiger partial charge in [-0.25, -0.2) is 4.98 Å². The van der Waals surface area contributed by atoms with E-state index in [9.17, 15) is 4.79 Å². The number of carboxylic acids is 1. The van der Waals surface area contributed by atoms with Crippen molar-refractivity contribution in [3.63, 3.8) is 0 Å². The molecule has 3 rings (SSSR count). The number of aryl methyl sites for hydroxylation is 2. The van der Waals surface area contributed by atoms with Gasteiger partial charge in [0.2, 0.25) is 0 Å². The van der Waals surface area contributed by atoms with Crippen LogP contribution in [0.25, 0.3) is 10.9 Å². The monoisotopic (exact) mass is 377 g/mol. The second-order valence-electron chi connectivity index (χ2n) is 6.17. The van der Waals surface area contributed by atoms with Gasteiger partial charge in [-0.2, -0.15) is 0 Å². The van der Waals surface area contributed by atoms with Crippen molar-refractivity contribution >= 4 is 52.2 Å². The third-order valence-corrected chi connectivity index (χ3v) is 4.24. The molecule has 0 saturated carbocycles. The number of benzene rings is 1. The molecular formula is C20H24N3NaO3. The Bertz CT molecular complexity index is 881. The zero-order valence-electron chi connectivity index (χ0n) is 14.8. The second kappa shape index (κ2) is 10.3. The van der Waals surface area contributed by atoms with Crippen LogP contribution in [0.5, 0.6) is 5.75 Å². The number of carbonyl (C=O) groups is 1. The van der Waals surface area contributed by atoms with E-state index < -0.39 is 5.97 Å². The Kier molecular flexibility index (Phi) is 8.16. The van der Waals surface area contributed by atoms with Gasteiger partial charge in [-0.05, 0) is 55.7 Å².